The van der Waals surface area contributed by atoms with Crippen molar-refractivity contribution >= 4 is 11.8 Å². The summed E-state index contributed by atoms with van der Waals surface area (Å²) in [5.74, 6) is -1.12. The molecule has 0 radical (unpaired) electrons. The fourth-order valence-corrected chi connectivity index (χ4v) is 9.07. The lowest BCUT2D eigenvalue weighted by atomic mass is 9.42. The quantitative estimate of drug-likeness (QED) is 0.450. The molecule has 11 atom stereocenters. The van der Waals surface area contributed by atoms with Crippen LogP contribution >= 0.6 is 0 Å². The largest absolute Gasteiger partial charge is 0.458 e. The molecule has 4 aliphatic carbocycles. The Bertz CT molecular complexity index is 986. The Balaban J connectivity index is 1.49. The minimum atomic E-state index is -1.53. The van der Waals surface area contributed by atoms with Crippen LogP contribution in [0.15, 0.2) is 23.3 Å². The van der Waals surface area contributed by atoms with Gasteiger partial charge >= 0.3 is 5.97 Å². The molecule has 0 amide bonds. The highest BCUT2D eigenvalue weighted by molar-refractivity contribution is 5.97. The smallest absolute Gasteiger partial charge is 0.333 e. The number of ketones is 1. The van der Waals surface area contributed by atoms with Gasteiger partial charge < -0.3 is 25.2 Å². The fourth-order valence-electron chi connectivity index (χ4n) is 9.07. The van der Waals surface area contributed by atoms with Gasteiger partial charge in [-0.3, -0.25) is 4.79 Å². The monoisotopic (exact) mass is 488 g/mol. The number of rotatable bonds is 3. The summed E-state index contributed by atoms with van der Waals surface area (Å²) in [5.41, 5.74) is -1.64. The van der Waals surface area contributed by atoms with Crippen LogP contribution in [0.3, 0.4) is 0 Å². The number of carbonyl (C=O) groups is 2. The van der Waals surface area contributed by atoms with Crippen LogP contribution in [0.2, 0.25) is 0 Å². The number of hydrogen-bond acceptors (Lipinski definition) is 7. The van der Waals surface area contributed by atoms with Crippen molar-refractivity contribution < 1.29 is 34.8 Å². The second kappa shape index (κ2) is 8.23. The van der Waals surface area contributed by atoms with Crippen molar-refractivity contribution in [3.8, 4) is 0 Å². The number of hydrogen-bond donors (Lipinski definition) is 4. The Labute approximate surface area is 207 Å². The molecule has 0 spiro atoms. The van der Waals surface area contributed by atoms with Gasteiger partial charge in [0.25, 0.3) is 0 Å². The number of ether oxygens (including phenoxy) is 1. The van der Waals surface area contributed by atoms with Gasteiger partial charge in [-0.2, -0.15) is 0 Å². The van der Waals surface area contributed by atoms with Gasteiger partial charge in [0, 0.05) is 24.5 Å². The summed E-state index contributed by atoms with van der Waals surface area (Å²) in [7, 11) is 0. The standard InChI is InChI=1S/C28H40O7/c1-14-10-21(35-25(33)15(14)2)17(13-29)19-8-7-18-16-11-24(32)28(34)9-5-6-22(30)27(28,4)20(16)12-23(31)26(18,19)3/h5-6,16-21,23-24,29,31-32,34H,7-13H2,1-4H3. The molecule has 5 aliphatic rings. The highest BCUT2D eigenvalue weighted by Crippen LogP contribution is 2.68. The van der Waals surface area contributed by atoms with Crippen molar-refractivity contribution in [1.82, 2.24) is 0 Å². The normalized spacial score (nSPS) is 50.3. The second-order valence-electron chi connectivity index (χ2n) is 12.4. The zero-order valence-electron chi connectivity index (χ0n) is 21.2. The average molecular weight is 489 g/mol. The van der Waals surface area contributed by atoms with Crippen LogP contribution in [-0.4, -0.2) is 62.7 Å². The first-order valence-corrected chi connectivity index (χ1v) is 13.2. The van der Waals surface area contributed by atoms with E-state index in [1.807, 2.05) is 6.92 Å². The van der Waals surface area contributed by atoms with E-state index in [1.165, 1.54) is 6.08 Å². The summed E-state index contributed by atoms with van der Waals surface area (Å²) < 4.78 is 5.77. The molecule has 1 aliphatic heterocycles. The van der Waals surface area contributed by atoms with Gasteiger partial charge in [0.15, 0.2) is 5.78 Å². The molecule has 4 N–H and O–H groups in total. The molecule has 1 heterocycles. The lowest BCUT2D eigenvalue weighted by molar-refractivity contribution is -0.246. The molecule has 7 nitrogen and oxygen atoms in total. The molecule has 0 aromatic rings. The number of fused-ring (bicyclic) bond motifs is 5. The van der Waals surface area contributed by atoms with E-state index in [9.17, 15) is 30.0 Å². The van der Waals surface area contributed by atoms with E-state index in [0.29, 0.717) is 24.8 Å². The van der Waals surface area contributed by atoms with Gasteiger partial charge in [0.2, 0.25) is 0 Å². The van der Waals surface area contributed by atoms with Crippen LogP contribution in [0, 0.1) is 40.4 Å². The van der Waals surface area contributed by atoms with E-state index in [2.05, 4.69) is 6.92 Å². The van der Waals surface area contributed by atoms with Gasteiger partial charge in [-0.25, -0.2) is 4.79 Å². The van der Waals surface area contributed by atoms with Crippen molar-refractivity contribution in [2.75, 3.05) is 6.61 Å². The van der Waals surface area contributed by atoms with E-state index in [0.717, 1.165) is 18.4 Å². The van der Waals surface area contributed by atoms with Gasteiger partial charge in [0.1, 0.15) is 11.7 Å². The highest BCUT2D eigenvalue weighted by atomic mass is 16.5. The first-order valence-electron chi connectivity index (χ1n) is 13.2. The minimum Gasteiger partial charge on any atom is -0.458 e. The first-order chi connectivity index (χ1) is 16.4. The van der Waals surface area contributed by atoms with Gasteiger partial charge in [-0.05, 0) is 88.0 Å². The highest BCUT2D eigenvalue weighted by Gasteiger charge is 2.71. The van der Waals surface area contributed by atoms with E-state index >= 15 is 0 Å². The molecule has 7 heteroatoms. The van der Waals surface area contributed by atoms with Gasteiger partial charge in [-0.15, -0.1) is 0 Å². The second-order valence-corrected chi connectivity index (χ2v) is 12.4. The molecule has 5 rings (SSSR count). The third-order valence-electron chi connectivity index (χ3n) is 11.4. The van der Waals surface area contributed by atoms with Crippen molar-refractivity contribution in [2.45, 2.75) is 90.1 Å². The Morgan fingerprint density at radius 1 is 1.09 bits per heavy atom. The van der Waals surface area contributed by atoms with Crippen LogP contribution in [0.1, 0.15) is 66.2 Å². The SMILES string of the molecule is CC1=C(C)C(=O)OC(C(CO)C2CCC3C4CC(O)C5(O)CC=CC(=O)C5(C)C4CC(O)C23C)C1. The van der Waals surface area contributed by atoms with Gasteiger partial charge in [-0.1, -0.05) is 18.6 Å². The van der Waals surface area contributed by atoms with Crippen LogP contribution in [0.5, 0.6) is 0 Å². The third-order valence-corrected chi connectivity index (χ3v) is 11.4. The summed E-state index contributed by atoms with van der Waals surface area (Å²) in [4.78, 5) is 25.7. The minimum absolute atomic E-state index is 0.0266. The molecule has 0 aromatic heterocycles. The summed E-state index contributed by atoms with van der Waals surface area (Å²) in [6.07, 6.45) is 4.11. The molecule has 0 saturated heterocycles. The number of esters is 1. The summed E-state index contributed by atoms with van der Waals surface area (Å²) in [5, 5.41) is 44.9. The first kappa shape index (κ1) is 25.1. The lowest BCUT2D eigenvalue weighted by Gasteiger charge is -2.64. The van der Waals surface area contributed by atoms with Crippen LogP contribution in [0.25, 0.3) is 0 Å². The van der Waals surface area contributed by atoms with E-state index in [1.54, 1.807) is 19.9 Å². The van der Waals surface area contributed by atoms with Gasteiger partial charge in [0.05, 0.1) is 17.6 Å². The zero-order chi connectivity index (χ0) is 25.5. The van der Waals surface area contributed by atoms with Crippen molar-refractivity contribution in [3.63, 3.8) is 0 Å². The van der Waals surface area contributed by atoms with Crippen molar-refractivity contribution in [3.05, 3.63) is 23.3 Å². The molecule has 0 aromatic carbocycles. The third kappa shape index (κ3) is 3.17. The Morgan fingerprint density at radius 3 is 2.46 bits per heavy atom. The Morgan fingerprint density at radius 2 is 1.80 bits per heavy atom. The molecule has 11 unspecified atom stereocenters. The Hall–Kier alpha value is -1.54. The molecule has 3 saturated carbocycles. The maximum atomic E-state index is 13.2. The van der Waals surface area contributed by atoms with Crippen LogP contribution < -0.4 is 0 Å². The average Bonchev–Trinajstić information content (AvgIpc) is 3.16. The summed E-state index contributed by atoms with van der Waals surface area (Å²) >= 11 is 0. The van der Waals surface area contributed by atoms with Crippen LogP contribution in [0.4, 0.5) is 0 Å². The number of cyclic esters (lactones) is 1. The maximum absolute atomic E-state index is 13.2. The topological polar surface area (TPSA) is 124 Å². The van der Waals surface area contributed by atoms with Crippen molar-refractivity contribution in [1.29, 1.82) is 0 Å². The molecule has 194 valence electrons. The molecule has 3 fully saturated rings. The molecule has 0 bridgehead atoms. The van der Waals surface area contributed by atoms with E-state index < -0.39 is 34.7 Å². The van der Waals surface area contributed by atoms with E-state index in [4.69, 9.17) is 4.74 Å². The predicted molar refractivity (Wildman–Crippen MR) is 128 cm³/mol. The Kier molecular flexibility index (Phi) is 5.91. The number of carbonyl (C=O) groups excluding carboxylic acids is 2. The molecular weight excluding hydrogens is 448 g/mol. The molecular formula is C28H40O7. The summed E-state index contributed by atoms with van der Waals surface area (Å²) in [6, 6.07) is 0. The predicted octanol–water partition coefficient (Wildman–Crippen LogP) is 2.31. The van der Waals surface area contributed by atoms with E-state index in [-0.39, 0.29) is 54.4 Å². The molecule has 35 heavy (non-hydrogen) atoms. The number of aliphatic hydroxyl groups excluding tert-OH is 3. The fraction of sp³-hybridized carbons (Fsp3) is 0.786. The number of allylic oxidation sites excluding steroid dienone is 1. The number of aliphatic hydroxyl groups is 4. The van der Waals surface area contributed by atoms with Crippen LogP contribution in [-0.2, 0) is 14.3 Å². The maximum Gasteiger partial charge on any atom is 0.333 e. The lowest BCUT2D eigenvalue weighted by Crippen LogP contribution is -2.70. The summed E-state index contributed by atoms with van der Waals surface area (Å²) in [6.45, 7) is 7.40. The van der Waals surface area contributed by atoms with Crippen molar-refractivity contribution in [2.24, 2.45) is 40.4 Å². The zero-order valence-corrected chi connectivity index (χ0v) is 21.2.